The number of rotatable bonds is 3. The number of carbonyl (C=O) groups is 1. The summed E-state index contributed by atoms with van der Waals surface area (Å²) in [4.78, 5) is 16.6. The fourth-order valence-corrected chi connectivity index (χ4v) is 2.83. The Hall–Kier alpha value is -1.81. The van der Waals surface area contributed by atoms with Gasteiger partial charge in [0.25, 0.3) is 0 Å². The van der Waals surface area contributed by atoms with E-state index in [-0.39, 0.29) is 5.56 Å². The van der Waals surface area contributed by atoms with Crippen LogP contribution in [0.2, 0.25) is 0 Å². The normalized spacial score (nSPS) is 10.5. The maximum atomic E-state index is 11.2. The van der Waals surface area contributed by atoms with Gasteiger partial charge in [0.2, 0.25) is 0 Å². The molecule has 0 aliphatic heterocycles. The molecule has 2 rings (SSSR count). The molecule has 0 aliphatic rings. The third-order valence-corrected chi connectivity index (χ3v) is 3.94. The Morgan fingerprint density at radius 1 is 1.16 bits per heavy atom. The lowest BCUT2D eigenvalue weighted by molar-refractivity contribution is 0.0692. The zero-order valence-electron chi connectivity index (χ0n) is 11.1. The highest BCUT2D eigenvalue weighted by Crippen LogP contribution is 2.32. The van der Waals surface area contributed by atoms with Crippen molar-refractivity contribution in [2.45, 2.75) is 30.7 Å². The van der Waals surface area contributed by atoms with Crippen LogP contribution in [-0.2, 0) is 0 Å². The Morgan fingerprint density at radius 2 is 1.89 bits per heavy atom. The van der Waals surface area contributed by atoms with Gasteiger partial charge in [0.1, 0.15) is 5.03 Å². The monoisotopic (exact) mass is 273 g/mol. The Morgan fingerprint density at radius 3 is 2.58 bits per heavy atom. The molecule has 0 radical (unpaired) electrons. The van der Waals surface area contributed by atoms with Crippen LogP contribution < -0.4 is 0 Å². The molecule has 0 fully saturated rings. The molecule has 0 spiro atoms. The molecular weight excluding hydrogens is 258 g/mol. The lowest BCUT2D eigenvalue weighted by Gasteiger charge is -2.09. The van der Waals surface area contributed by atoms with Gasteiger partial charge in [0.05, 0.1) is 5.56 Å². The van der Waals surface area contributed by atoms with Crippen molar-refractivity contribution in [1.29, 1.82) is 0 Å². The molecule has 1 aromatic carbocycles. The Kier molecular flexibility index (Phi) is 3.90. The van der Waals surface area contributed by atoms with Gasteiger partial charge in [-0.1, -0.05) is 23.9 Å². The highest BCUT2D eigenvalue weighted by molar-refractivity contribution is 7.99. The lowest BCUT2D eigenvalue weighted by Crippen LogP contribution is -2.01. The molecule has 3 nitrogen and oxygen atoms in total. The molecule has 0 amide bonds. The Bertz CT molecular complexity index is 638. The second-order valence-corrected chi connectivity index (χ2v) is 5.51. The van der Waals surface area contributed by atoms with E-state index in [9.17, 15) is 9.90 Å². The van der Waals surface area contributed by atoms with Crippen molar-refractivity contribution in [3.05, 3.63) is 52.7 Å². The molecule has 0 saturated carbocycles. The van der Waals surface area contributed by atoms with Crippen LogP contribution in [0.4, 0.5) is 0 Å². The van der Waals surface area contributed by atoms with E-state index in [1.165, 1.54) is 11.8 Å². The number of pyridine rings is 1. The molecule has 0 atom stereocenters. The van der Waals surface area contributed by atoms with Crippen LogP contribution >= 0.6 is 11.8 Å². The largest absolute Gasteiger partial charge is 0.478 e. The topological polar surface area (TPSA) is 50.2 Å². The standard InChI is InChI=1S/C15H15NO2S/c1-9-4-5-10(2)13(8-9)19-14-12(15(17)18)7-6-11(3)16-14/h4-8H,1-3H3,(H,17,18). The zero-order valence-corrected chi connectivity index (χ0v) is 11.9. The van der Waals surface area contributed by atoms with Crippen molar-refractivity contribution in [3.8, 4) is 0 Å². The van der Waals surface area contributed by atoms with E-state index >= 15 is 0 Å². The number of aromatic carboxylic acids is 1. The first-order valence-corrected chi connectivity index (χ1v) is 6.75. The van der Waals surface area contributed by atoms with Gasteiger partial charge in [-0.2, -0.15) is 0 Å². The van der Waals surface area contributed by atoms with Gasteiger partial charge in [-0.15, -0.1) is 0 Å². The highest BCUT2D eigenvalue weighted by Gasteiger charge is 2.14. The van der Waals surface area contributed by atoms with Gasteiger partial charge < -0.3 is 5.11 Å². The van der Waals surface area contributed by atoms with Crippen LogP contribution in [0.1, 0.15) is 27.2 Å². The number of hydrogen-bond acceptors (Lipinski definition) is 3. The fraction of sp³-hybridized carbons (Fsp3) is 0.200. The smallest absolute Gasteiger partial charge is 0.338 e. The molecule has 1 N–H and O–H groups in total. The van der Waals surface area contributed by atoms with E-state index in [1.54, 1.807) is 12.1 Å². The minimum atomic E-state index is -0.944. The first-order valence-electron chi connectivity index (χ1n) is 5.93. The average Bonchev–Trinajstić information content (AvgIpc) is 2.33. The Labute approximate surface area is 116 Å². The number of aryl methyl sites for hydroxylation is 3. The molecule has 4 heteroatoms. The van der Waals surface area contributed by atoms with E-state index in [1.807, 2.05) is 32.9 Å². The van der Waals surface area contributed by atoms with Crippen LogP contribution in [0.3, 0.4) is 0 Å². The number of nitrogens with zero attached hydrogens (tertiary/aromatic N) is 1. The van der Waals surface area contributed by atoms with Crippen molar-refractivity contribution in [2.24, 2.45) is 0 Å². The molecule has 0 aliphatic carbocycles. The van der Waals surface area contributed by atoms with Gasteiger partial charge in [-0.25, -0.2) is 9.78 Å². The number of carboxylic acids is 1. The van der Waals surface area contributed by atoms with Gasteiger partial charge >= 0.3 is 5.97 Å². The molecular formula is C15H15NO2S. The number of aromatic nitrogens is 1. The minimum Gasteiger partial charge on any atom is -0.478 e. The summed E-state index contributed by atoms with van der Waals surface area (Å²) in [6.07, 6.45) is 0. The molecule has 19 heavy (non-hydrogen) atoms. The number of carboxylic acid groups (broad SMARTS) is 1. The molecule has 1 heterocycles. The first kappa shape index (κ1) is 13.6. The fourth-order valence-electron chi connectivity index (χ4n) is 1.69. The Balaban J connectivity index is 2.45. The third kappa shape index (κ3) is 3.15. The van der Waals surface area contributed by atoms with Crippen LogP contribution in [0.5, 0.6) is 0 Å². The lowest BCUT2D eigenvalue weighted by atomic mass is 10.2. The summed E-state index contributed by atoms with van der Waals surface area (Å²) < 4.78 is 0. The number of hydrogen-bond donors (Lipinski definition) is 1. The second kappa shape index (κ2) is 5.45. The van der Waals surface area contributed by atoms with Crippen LogP contribution in [0.15, 0.2) is 40.3 Å². The van der Waals surface area contributed by atoms with Crippen LogP contribution in [0, 0.1) is 20.8 Å². The van der Waals surface area contributed by atoms with Crippen LogP contribution in [-0.4, -0.2) is 16.1 Å². The maximum absolute atomic E-state index is 11.2. The summed E-state index contributed by atoms with van der Waals surface area (Å²) in [5.41, 5.74) is 3.34. The van der Waals surface area contributed by atoms with Crippen LogP contribution in [0.25, 0.3) is 0 Å². The van der Waals surface area contributed by atoms with Crippen molar-refractivity contribution in [1.82, 2.24) is 4.98 Å². The zero-order chi connectivity index (χ0) is 14.0. The molecule has 98 valence electrons. The van der Waals surface area contributed by atoms with Gasteiger partial charge in [-0.3, -0.25) is 0 Å². The molecule has 0 unspecified atom stereocenters. The van der Waals surface area contributed by atoms with Gasteiger partial charge in [0.15, 0.2) is 0 Å². The summed E-state index contributed by atoms with van der Waals surface area (Å²) >= 11 is 1.41. The van der Waals surface area contributed by atoms with E-state index in [0.717, 1.165) is 21.7 Å². The maximum Gasteiger partial charge on any atom is 0.338 e. The first-order chi connectivity index (χ1) is 8.97. The van der Waals surface area contributed by atoms with Crippen molar-refractivity contribution in [3.63, 3.8) is 0 Å². The summed E-state index contributed by atoms with van der Waals surface area (Å²) in [6.45, 7) is 5.89. The van der Waals surface area contributed by atoms with E-state index < -0.39 is 5.97 Å². The summed E-state index contributed by atoms with van der Waals surface area (Å²) in [5, 5.41) is 9.75. The van der Waals surface area contributed by atoms with Crippen molar-refractivity contribution < 1.29 is 9.90 Å². The summed E-state index contributed by atoms with van der Waals surface area (Å²) in [6, 6.07) is 9.46. The van der Waals surface area contributed by atoms with E-state index in [2.05, 4.69) is 11.1 Å². The minimum absolute atomic E-state index is 0.247. The second-order valence-electron chi connectivity index (χ2n) is 4.48. The van der Waals surface area contributed by atoms with E-state index in [0.29, 0.717) is 5.03 Å². The summed E-state index contributed by atoms with van der Waals surface area (Å²) in [7, 11) is 0. The van der Waals surface area contributed by atoms with Crippen molar-refractivity contribution >= 4 is 17.7 Å². The quantitative estimate of drug-likeness (QED) is 0.922. The van der Waals surface area contributed by atoms with E-state index in [4.69, 9.17) is 0 Å². The molecule has 2 aromatic rings. The predicted octanol–water partition coefficient (Wildman–Crippen LogP) is 3.86. The van der Waals surface area contributed by atoms with Gasteiger partial charge in [0, 0.05) is 10.6 Å². The molecule has 0 bridgehead atoms. The van der Waals surface area contributed by atoms with Crippen molar-refractivity contribution in [2.75, 3.05) is 0 Å². The molecule has 0 saturated heterocycles. The van der Waals surface area contributed by atoms with Gasteiger partial charge in [-0.05, 0) is 50.1 Å². The predicted molar refractivity (Wildman–Crippen MR) is 76.0 cm³/mol. The molecule has 1 aromatic heterocycles. The highest BCUT2D eigenvalue weighted by atomic mass is 32.2. The summed E-state index contributed by atoms with van der Waals surface area (Å²) in [5.74, 6) is -0.944. The third-order valence-electron chi connectivity index (χ3n) is 2.78. The average molecular weight is 273 g/mol. The number of benzene rings is 1. The SMILES string of the molecule is Cc1ccc(C)c(Sc2nc(C)ccc2C(=O)O)c1.